The molecule has 3 aliphatic rings. The van der Waals surface area contributed by atoms with Crippen LogP contribution in [0.25, 0.3) is 0 Å². The normalized spacial score (nSPS) is 36.0. The second kappa shape index (κ2) is 4.70. The molecule has 2 heteroatoms. The van der Waals surface area contributed by atoms with Crippen LogP contribution in [0.1, 0.15) is 60.4 Å². The van der Waals surface area contributed by atoms with Gasteiger partial charge in [0.15, 0.2) is 5.78 Å². The average Bonchev–Trinajstić information content (AvgIpc) is 2.97. The van der Waals surface area contributed by atoms with E-state index >= 15 is 0 Å². The molecule has 1 aromatic carbocycles. The molecule has 2 N–H and O–H groups in total. The lowest BCUT2D eigenvalue weighted by atomic mass is 9.78. The third-order valence-electron chi connectivity index (χ3n) is 6.06. The van der Waals surface area contributed by atoms with Crippen LogP contribution in [-0.4, -0.2) is 11.8 Å². The minimum atomic E-state index is 0.0864. The van der Waals surface area contributed by atoms with Gasteiger partial charge in [0.25, 0.3) is 0 Å². The number of nitrogens with two attached hydrogens (primary N) is 1. The van der Waals surface area contributed by atoms with Crippen molar-refractivity contribution in [2.24, 2.45) is 23.5 Å². The molecule has 0 aromatic heterocycles. The van der Waals surface area contributed by atoms with Crippen LogP contribution in [0.2, 0.25) is 0 Å². The zero-order valence-electron chi connectivity index (χ0n) is 11.9. The summed E-state index contributed by atoms with van der Waals surface area (Å²) in [5, 5.41) is 0. The monoisotopic (exact) mass is 269 g/mol. The average molecular weight is 269 g/mol. The summed E-state index contributed by atoms with van der Waals surface area (Å²) < 4.78 is 0. The molecule has 20 heavy (non-hydrogen) atoms. The molecule has 4 unspecified atom stereocenters. The first-order valence-corrected chi connectivity index (χ1v) is 8.14. The molecule has 0 heterocycles. The zero-order valence-corrected chi connectivity index (χ0v) is 11.9. The zero-order chi connectivity index (χ0) is 13.7. The number of hydrogen-bond donors (Lipinski definition) is 1. The van der Waals surface area contributed by atoms with Gasteiger partial charge in [-0.3, -0.25) is 4.79 Å². The van der Waals surface area contributed by atoms with E-state index in [0.717, 1.165) is 11.5 Å². The smallest absolute Gasteiger partial charge is 0.167 e. The first-order chi connectivity index (χ1) is 9.74. The summed E-state index contributed by atoms with van der Waals surface area (Å²) in [5.41, 5.74) is 8.57. The van der Waals surface area contributed by atoms with E-state index in [0.29, 0.717) is 17.6 Å². The molecule has 3 saturated carbocycles. The molecule has 0 aliphatic heterocycles. The van der Waals surface area contributed by atoms with Crippen LogP contribution >= 0.6 is 0 Å². The minimum Gasteiger partial charge on any atom is -0.327 e. The number of ketones is 1. The topological polar surface area (TPSA) is 43.1 Å². The van der Waals surface area contributed by atoms with Gasteiger partial charge in [-0.15, -0.1) is 0 Å². The molecule has 2 bridgehead atoms. The number of carbonyl (C=O) groups is 1. The van der Waals surface area contributed by atoms with Crippen LogP contribution in [0.3, 0.4) is 0 Å². The molecule has 4 atom stereocenters. The van der Waals surface area contributed by atoms with Gasteiger partial charge in [0.2, 0.25) is 0 Å². The fourth-order valence-corrected chi connectivity index (χ4v) is 4.58. The van der Waals surface area contributed by atoms with Gasteiger partial charge in [0.1, 0.15) is 0 Å². The lowest BCUT2D eigenvalue weighted by molar-refractivity contribution is 0.0856. The molecule has 1 aromatic rings. The number of hydrogen-bond acceptors (Lipinski definition) is 2. The van der Waals surface area contributed by atoms with E-state index in [1.165, 1.54) is 44.1 Å². The van der Waals surface area contributed by atoms with E-state index in [9.17, 15) is 4.79 Å². The van der Waals surface area contributed by atoms with Crippen LogP contribution in [0.15, 0.2) is 24.3 Å². The number of carbonyl (C=O) groups excluding carboxylic acids is 1. The summed E-state index contributed by atoms with van der Waals surface area (Å²) in [6, 6.07) is 8.50. The number of benzene rings is 1. The van der Waals surface area contributed by atoms with Gasteiger partial charge in [-0.2, -0.15) is 0 Å². The molecular formula is C18H23NO. The Bertz CT molecular complexity index is 515. The predicted octanol–water partition coefficient (Wildman–Crippen LogP) is 3.51. The lowest BCUT2D eigenvalue weighted by Gasteiger charge is -2.28. The fourth-order valence-electron chi connectivity index (χ4n) is 4.58. The maximum atomic E-state index is 12.7. The third-order valence-corrected chi connectivity index (χ3v) is 6.06. The quantitative estimate of drug-likeness (QED) is 0.853. The third kappa shape index (κ3) is 1.85. The molecule has 3 fully saturated rings. The van der Waals surface area contributed by atoms with E-state index < -0.39 is 0 Å². The summed E-state index contributed by atoms with van der Waals surface area (Å²) in [6.07, 6.45) is 7.59. The molecule has 2 nitrogen and oxygen atoms in total. The largest absolute Gasteiger partial charge is 0.327 e. The first-order valence-electron chi connectivity index (χ1n) is 8.14. The first kappa shape index (κ1) is 12.6. The van der Waals surface area contributed by atoms with Crippen LogP contribution in [0.5, 0.6) is 0 Å². The van der Waals surface area contributed by atoms with E-state index in [1.807, 2.05) is 12.1 Å². The Morgan fingerprint density at radius 2 is 1.70 bits per heavy atom. The van der Waals surface area contributed by atoms with Crippen molar-refractivity contribution in [1.29, 1.82) is 0 Å². The second-order valence-electron chi connectivity index (χ2n) is 7.05. The van der Waals surface area contributed by atoms with Crippen molar-refractivity contribution in [2.45, 2.75) is 50.5 Å². The van der Waals surface area contributed by atoms with E-state index in [2.05, 4.69) is 12.1 Å². The molecule has 4 rings (SSSR count). The van der Waals surface area contributed by atoms with E-state index in [4.69, 9.17) is 5.73 Å². The summed E-state index contributed by atoms with van der Waals surface area (Å²) in [4.78, 5) is 12.7. The Morgan fingerprint density at radius 3 is 2.25 bits per heavy atom. The second-order valence-corrected chi connectivity index (χ2v) is 7.05. The molecule has 3 aliphatic carbocycles. The predicted molar refractivity (Wildman–Crippen MR) is 79.7 cm³/mol. The van der Waals surface area contributed by atoms with Crippen LogP contribution < -0.4 is 5.73 Å². The highest BCUT2D eigenvalue weighted by Crippen LogP contribution is 2.48. The summed E-state index contributed by atoms with van der Waals surface area (Å²) >= 11 is 0. The van der Waals surface area contributed by atoms with Gasteiger partial charge in [0, 0.05) is 17.5 Å². The van der Waals surface area contributed by atoms with Gasteiger partial charge in [0.05, 0.1) is 0 Å². The lowest BCUT2D eigenvalue weighted by Crippen LogP contribution is -2.40. The Labute approximate surface area is 120 Å². The Hall–Kier alpha value is -1.15. The molecule has 0 amide bonds. The number of rotatable bonds is 3. The van der Waals surface area contributed by atoms with Crippen LogP contribution in [0, 0.1) is 17.8 Å². The molecule has 0 saturated heterocycles. The fraction of sp³-hybridized carbons (Fsp3) is 0.611. The van der Waals surface area contributed by atoms with Crippen molar-refractivity contribution in [3.8, 4) is 0 Å². The Kier molecular flexibility index (Phi) is 2.95. The van der Waals surface area contributed by atoms with Crippen LogP contribution in [0.4, 0.5) is 0 Å². The molecule has 0 radical (unpaired) electrons. The van der Waals surface area contributed by atoms with Crippen molar-refractivity contribution < 1.29 is 4.79 Å². The molecular weight excluding hydrogens is 246 g/mol. The van der Waals surface area contributed by atoms with Gasteiger partial charge < -0.3 is 5.73 Å². The highest BCUT2D eigenvalue weighted by molar-refractivity contribution is 5.98. The van der Waals surface area contributed by atoms with Gasteiger partial charge in [-0.05, 0) is 55.4 Å². The van der Waals surface area contributed by atoms with Crippen molar-refractivity contribution in [3.63, 3.8) is 0 Å². The summed E-state index contributed by atoms with van der Waals surface area (Å²) in [5.74, 6) is 2.27. The molecule has 0 spiro atoms. The maximum absolute atomic E-state index is 12.7. The summed E-state index contributed by atoms with van der Waals surface area (Å²) in [7, 11) is 0. The maximum Gasteiger partial charge on any atom is 0.167 e. The van der Waals surface area contributed by atoms with Gasteiger partial charge in [-0.1, -0.05) is 30.7 Å². The van der Waals surface area contributed by atoms with Crippen molar-refractivity contribution >= 4 is 5.78 Å². The SMILES string of the molecule is NC1C2CCC(C2)C1C(=O)c1ccc(C2CCC2)cc1. The van der Waals surface area contributed by atoms with Crippen molar-refractivity contribution in [2.75, 3.05) is 0 Å². The highest BCUT2D eigenvalue weighted by atomic mass is 16.1. The summed E-state index contributed by atoms with van der Waals surface area (Å²) in [6.45, 7) is 0. The minimum absolute atomic E-state index is 0.0864. The van der Waals surface area contributed by atoms with Gasteiger partial charge >= 0.3 is 0 Å². The number of fused-ring (bicyclic) bond motifs is 2. The van der Waals surface area contributed by atoms with E-state index in [1.54, 1.807) is 0 Å². The van der Waals surface area contributed by atoms with Crippen molar-refractivity contribution in [1.82, 2.24) is 0 Å². The standard InChI is InChI=1S/C18H23NO/c19-17-15-9-8-14(10-15)16(17)18(20)13-6-4-12(5-7-13)11-2-1-3-11/h4-7,11,14-17H,1-3,8-10,19H2. The Balaban J connectivity index is 1.53. The highest BCUT2D eigenvalue weighted by Gasteiger charge is 2.48. The van der Waals surface area contributed by atoms with E-state index in [-0.39, 0.29) is 12.0 Å². The molecule has 106 valence electrons. The van der Waals surface area contributed by atoms with Crippen LogP contribution in [-0.2, 0) is 0 Å². The van der Waals surface area contributed by atoms with Crippen molar-refractivity contribution in [3.05, 3.63) is 35.4 Å². The van der Waals surface area contributed by atoms with Gasteiger partial charge in [-0.25, -0.2) is 0 Å². The number of Topliss-reactive ketones (excluding diaryl/α,β-unsaturated/α-hetero) is 1. The Morgan fingerprint density at radius 1 is 1.00 bits per heavy atom.